The highest BCUT2D eigenvalue weighted by Gasteiger charge is 2.20. The van der Waals surface area contributed by atoms with E-state index in [0.29, 0.717) is 0 Å². The lowest BCUT2D eigenvalue weighted by Crippen LogP contribution is -2.02. The number of hydrogen-bond donors (Lipinski definition) is 1. The number of rotatable bonds is 3. The van der Waals surface area contributed by atoms with Crippen molar-refractivity contribution in [2.75, 3.05) is 11.9 Å². The molecule has 1 N–H and O–H groups in total. The molecule has 0 spiro atoms. The van der Waals surface area contributed by atoms with E-state index in [1.807, 2.05) is 12.1 Å². The molecular formula is C9H11N2. The molecule has 2 nitrogen and oxygen atoms in total. The highest BCUT2D eigenvalue weighted by atomic mass is 14.9. The summed E-state index contributed by atoms with van der Waals surface area (Å²) >= 11 is 0. The lowest BCUT2D eigenvalue weighted by molar-refractivity contribution is 0.888. The molecule has 0 aromatic carbocycles. The van der Waals surface area contributed by atoms with Crippen molar-refractivity contribution in [2.24, 2.45) is 5.92 Å². The lowest BCUT2D eigenvalue weighted by atomic mass is 10.4. The zero-order chi connectivity index (χ0) is 7.52. The van der Waals surface area contributed by atoms with Gasteiger partial charge in [0.2, 0.25) is 0 Å². The first-order valence-electron chi connectivity index (χ1n) is 4.02. The number of anilines is 1. The zero-order valence-corrected chi connectivity index (χ0v) is 6.38. The second kappa shape index (κ2) is 2.91. The van der Waals surface area contributed by atoms with Crippen molar-refractivity contribution in [3.8, 4) is 0 Å². The Balaban J connectivity index is 1.85. The van der Waals surface area contributed by atoms with Crippen molar-refractivity contribution < 1.29 is 0 Å². The van der Waals surface area contributed by atoms with E-state index in [9.17, 15) is 0 Å². The van der Waals surface area contributed by atoms with Crippen molar-refractivity contribution >= 4 is 5.69 Å². The van der Waals surface area contributed by atoms with Crippen LogP contribution in [-0.4, -0.2) is 11.5 Å². The quantitative estimate of drug-likeness (QED) is 0.704. The van der Waals surface area contributed by atoms with Crippen LogP contribution in [0.1, 0.15) is 12.8 Å². The second-order valence-electron chi connectivity index (χ2n) is 2.99. The summed E-state index contributed by atoms with van der Waals surface area (Å²) in [7, 11) is 0. The average Bonchev–Trinajstić information content (AvgIpc) is 2.86. The minimum atomic E-state index is 0.906. The monoisotopic (exact) mass is 147 g/mol. The first-order valence-corrected chi connectivity index (χ1v) is 4.02. The fourth-order valence-corrected chi connectivity index (χ4v) is 1.00. The van der Waals surface area contributed by atoms with Gasteiger partial charge < -0.3 is 5.32 Å². The number of hydrogen-bond acceptors (Lipinski definition) is 2. The number of nitrogens with zero attached hydrogens (tertiary/aromatic N) is 1. The van der Waals surface area contributed by atoms with Crippen molar-refractivity contribution in [1.29, 1.82) is 0 Å². The van der Waals surface area contributed by atoms with E-state index >= 15 is 0 Å². The molecule has 2 heteroatoms. The van der Waals surface area contributed by atoms with Crippen LogP contribution in [-0.2, 0) is 0 Å². The van der Waals surface area contributed by atoms with E-state index < -0.39 is 0 Å². The largest absolute Gasteiger partial charge is 0.383 e. The van der Waals surface area contributed by atoms with Gasteiger partial charge in [0.05, 0.1) is 5.69 Å². The Hall–Kier alpha value is -1.05. The number of aromatic nitrogens is 1. The van der Waals surface area contributed by atoms with Gasteiger partial charge in [0.1, 0.15) is 6.20 Å². The standard InChI is InChI=1S/C9H11N2/c1-2-9(7-10-5-1)11-6-8-3-4-8/h1-2,5,8,11H,3-4,6H2. The molecule has 1 fully saturated rings. The van der Waals surface area contributed by atoms with E-state index in [1.165, 1.54) is 12.8 Å². The molecule has 0 saturated heterocycles. The summed E-state index contributed by atoms with van der Waals surface area (Å²) in [6, 6.07) is 3.92. The van der Waals surface area contributed by atoms with Gasteiger partial charge in [0.15, 0.2) is 0 Å². The maximum atomic E-state index is 3.90. The Morgan fingerprint density at radius 3 is 3.18 bits per heavy atom. The van der Waals surface area contributed by atoms with Crippen LogP contribution in [0.4, 0.5) is 5.69 Å². The summed E-state index contributed by atoms with van der Waals surface area (Å²) in [6.07, 6.45) is 7.39. The molecule has 0 amide bonds. The molecule has 0 aliphatic heterocycles. The van der Waals surface area contributed by atoms with E-state index in [-0.39, 0.29) is 0 Å². The van der Waals surface area contributed by atoms with Crippen molar-refractivity contribution in [3.05, 3.63) is 24.5 Å². The molecule has 1 heterocycles. The second-order valence-corrected chi connectivity index (χ2v) is 2.99. The van der Waals surface area contributed by atoms with Crippen LogP contribution in [0.2, 0.25) is 0 Å². The predicted molar refractivity (Wildman–Crippen MR) is 44.3 cm³/mol. The van der Waals surface area contributed by atoms with Crippen molar-refractivity contribution in [3.63, 3.8) is 0 Å². The molecule has 1 aliphatic carbocycles. The van der Waals surface area contributed by atoms with Crippen molar-refractivity contribution in [1.82, 2.24) is 4.98 Å². The van der Waals surface area contributed by atoms with Crippen LogP contribution in [0.25, 0.3) is 0 Å². The minimum Gasteiger partial charge on any atom is -0.383 e. The van der Waals surface area contributed by atoms with Gasteiger partial charge >= 0.3 is 0 Å². The normalized spacial score (nSPS) is 16.4. The molecular weight excluding hydrogens is 136 g/mol. The molecule has 11 heavy (non-hydrogen) atoms. The third kappa shape index (κ3) is 1.93. The van der Waals surface area contributed by atoms with E-state index in [4.69, 9.17) is 0 Å². The smallest absolute Gasteiger partial charge is 0.114 e. The third-order valence-electron chi connectivity index (χ3n) is 1.89. The number of pyridine rings is 1. The van der Waals surface area contributed by atoms with Gasteiger partial charge in [-0.3, -0.25) is 4.98 Å². The molecule has 0 atom stereocenters. The van der Waals surface area contributed by atoms with Gasteiger partial charge in [-0.1, -0.05) is 0 Å². The fraction of sp³-hybridized carbons (Fsp3) is 0.444. The molecule has 0 unspecified atom stereocenters. The summed E-state index contributed by atoms with van der Waals surface area (Å²) in [4.78, 5) is 3.90. The summed E-state index contributed by atoms with van der Waals surface area (Å²) in [6.45, 7) is 1.09. The number of nitrogens with one attached hydrogen (secondary N) is 1. The van der Waals surface area contributed by atoms with Gasteiger partial charge in [0.25, 0.3) is 0 Å². The predicted octanol–water partition coefficient (Wildman–Crippen LogP) is 1.70. The van der Waals surface area contributed by atoms with E-state index in [0.717, 1.165) is 18.2 Å². The summed E-state index contributed by atoms with van der Waals surface area (Å²) in [5, 5.41) is 3.29. The van der Waals surface area contributed by atoms with Crippen LogP contribution < -0.4 is 5.32 Å². The van der Waals surface area contributed by atoms with Gasteiger partial charge in [0, 0.05) is 12.7 Å². The summed E-state index contributed by atoms with van der Waals surface area (Å²) in [5.41, 5.74) is 1.01. The maximum Gasteiger partial charge on any atom is 0.114 e. The Morgan fingerprint density at radius 2 is 2.55 bits per heavy atom. The average molecular weight is 147 g/mol. The topological polar surface area (TPSA) is 24.9 Å². The van der Waals surface area contributed by atoms with E-state index in [2.05, 4.69) is 16.5 Å². The summed E-state index contributed by atoms with van der Waals surface area (Å²) < 4.78 is 0. The van der Waals surface area contributed by atoms with Crippen LogP contribution in [0, 0.1) is 12.1 Å². The summed E-state index contributed by atoms with van der Waals surface area (Å²) in [5.74, 6) is 0.906. The first kappa shape index (κ1) is 6.65. The molecule has 1 aromatic rings. The molecule has 57 valence electrons. The van der Waals surface area contributed by atoms with Crippen LogP contribution in [0.3, 0.4) is 0 Å². The maximum absolute atomic E-state index is 3.90. The molecule has 0 bridgehead atoms. The Labute approximate surface area is 66.7 Å². The molecule has 1 aromatic heterocycles. The van der Waals surface area contributed by atoms with E-state index in [1.54, 1.807) is 6.20 Å². The zero-order valence-electron chi connectivity index (χ0n) is 6.38. The molecule has 2 rings (SSSR count). The van der Waals surface area contributed by atoms with Gasteiger partial charge in [-0.25, -0.2) is 0 Å². The highest BCUT2D eigenvalue weighted by Crippen LogP contribution is 2.28. The van der Waals surface area contributed by atoms with Crippen LogP contribution in [0.15, 0.2) is 18.3 Å². The van der Waals surface area contributed by atoms with Crippen molar-refractivity contribution in [2.45, 2.75) is 12.8 Å². The fourth-order valence-electron chi connectivity index (χ4n) is 1.00. The molecule has 1 saturated carbocycles. The molecule has 1 radical (unpaired) electrons. The highest BCUT2D eigenvalue weighted by molar-refractivity contribution is 5.38. The lowest BCUT2D eigenvalue weighted by Gasteiger charge is -2.01. The van der Waals surface area contributed by atoms with Gasteiger partial charge in [-0.2, -0.15) is 0 Å². The SMILES string of the molecule is [c]1ncccc1NCC1CC1. The Morgan fingerprint density at radius 1 is 1.64 bits per heavy atom. The molecule has 1 aliphatic rings. The van der Waals surface area contributed by atoms with Gasteiger partial charge in [-0.15, -0.1) is 0 Å². The van der Waals surface area contributed by atoms with Crippen LogP contribution >= 0.6 is 0 Å². The van der Waals surface area contributed by atoms with Crippen LogP contribution in [0.5, 0.6) is 0 Å². The van der Waals surface area contributed by atoms with Gasteiger partial charge in [-0.05, 0) is 30.9 Å². The Kier molecular flexibility index (Phi) is 1.76. The Bertz CT molecular complexity index is 216. The minimum absolute atomic E-state index is 0.906. The third-order valence-corrected chi connectivity index (χ3v) is 1.89. The first-order chi connectivity index (χ1) is 5.45.